The average Bonchev–Trinajstić information content (AvgIpc) is 2.73. The van der Waals surface area contributed by atoms with Gasteiger partial charge in [-0.1, -0.05) is 26.0 Å². The van der Waals surface area contributed by atoms with Gasteiger partial charge in [0.25, 0.3) is 15.8 Å². The topological polar surface area (TPSA) is 74.6 Å². The highest BCUT2D eigenvalue weighted by Crippen LogP contribution is 2.51. The van der Waals surface area contributed by atoms with Crippen LogP contribution in [-0.2, 0) is 16.3 Å². The first kappa shape index (κ1) is 21.2. The van der Waals surface area contributed by atoms with Crippen LogP contribution in [0.25, 0.3) is 5.57 Å². The van der Waals surface area contributed by atoms with Crippen LogP contribution >= 0.6 is 0 Å². The van der Waals surface area contributed by atoms with Gasteiger partial charge in [0.1, 0.15) is 6.10 Å². The van der Waals surface area contributed by atoms with Gasteiger partial charge in [0.05, 0.1) is 11.0 Å². The van der Waals surface area contributed by atoms with Crippen molar-refractivity contribution in [1.82, 2.24) is 0 Å². The number of aliphatic hydroxyl groups is 2. The van der Waals surface area contributed by atoms with Crippen molar-refractivity contribution >= 4 is 15.4 Å². The van der Waals surface area contributed by atoms with Gasteiger partial charge in [-0.3, -0.25) is 0 Å². The molecule has 0 radical (unpaired) electrons. The number of allylic oxidation sites excluding steroid dienone is 1. The predicted octanol–water partition coefficient (Wildman–Crippen LogP) is 3.77. The Balaban J connectivity index is 2.26. The smallest absolute Gasteiger partial charge is 0.389 e. The zero-order chi connectivity index (χ0) is 21.3. The van der Waals surface area contributed by atoms with Crippen LogP contribution in [0.1, 0.15) is 49.5 Å². The summed E-state index contributed by atoms with van der Waals surface area (Å²) in [7, 11) is -5.93. The Bertz CT molecular complexity index is 947. The number of halogens is 5. The molecule has 1 aromatic carbocycles. The van der Waals surface area contributed by atoms with Gasteiger partial charge in [-0.15, -0.1) is 0 Å². The summed E-state index contributed by atoms with van der Waals surface area (Å²) in [5, 5.41) is 20.0. The Morgan fingerprint density at radius 1 is 1.11 bits per heavy atom. The summed E-state index contributed by atoms with van der Waals surface area (Å²) in [5.74, 6) is -3.81. The minimum atomic E-state index is -5.93. The van der Waals surface area contributed by atoms with Crippen molar-refractivity contribution in [2.75, 3.05) is 0 Å². The Hall–Kier alpha value is -1.52. The lowest BCUT2D eigenvalue weighted by molar-refractivity contribution is -0.0978. The normalized spacial score (nSPS) is 26.7. The van der Waals surface area contributed by atoms with Gasteiger partial charge >= 0.3 is 5.51 Å². The molecule has 2 N–H and O–H groups in total. The van der Waals surface area contributed by atoms with Crippen LogP contribution in [0.3, 0.4) is 0 Å². The highest BCUT2D eigenvalue weighted by Gasteiger charge is 2.55. The fourth-order valence-corrected chi connectivity index (χ4v) is 5.05. The largest absolute Gasteiger partial charge is 0.501 e. The molecule has 2 aliphatic rings. The second-order valence-corrected chi connectivity index (χ2v) is 10.0. The minimum Gasteiger partial charge on any atom is -0.389 e. The van der Waals surface area contributed by atoms with Crippen LogP contribution < -0.4 is 0 Å². The van der Waals surface area contributed by atoms with Crippen molar-refractivity contribution in [3.05, 3.63) is 34.9 Å². The molecule has 0 amide bonds. The van der Waals surface area contributed by atoms with Crippen LogP contribution in [0.5, 0.6) is 0 Å². The molecule has 0 heterocycles. The van der Waals surface area contributed by atoms with Crippen molar-refractivity contribution in [3.63, 3.8) is 0 Å². The number of aliphatic hydroxyl groups excluding tert-OH is 2. The van der Waals surface area contributed by atoms with E-state index in [9.17, 15) is 40.6 Å². The summed E-state index contributed by atoms with van der Waals surface area (Å²) >= 11 is 0. The van der Waals surface area contributed by atoms with Crippen LogP contribution in [0, 0.1) is 5.41 Å². The second kappa shape index (κ2) is 6.24. The third kappa shape index (κ3) is 3.35. The molecular weight excluding hydrogens is 407 g/mol. The average molecular weight is 426 g/mol. The monoisotopic (exact) mass is 426 g/mol. The maximum absolute atomic E-state index is 14.2. The van der Waals surface area contributed by atoms with Gasteiger partial charge < -0.3 is 10.2 Å². The van der Waals surface area contributed by atoms with Crippen LogP contribution in [0.4, 0.5) is 22.0 Å². The van der Waals surface area contributed by atoms with Gasteiger partial charge in [0, 0.05) is 12.0 Å². The van der Waals surface area contributed by atoms with E-state index in [4.69, 9.17) is 0 Å². The van der Waals surface area contributed by atoms with Crippen molar-refractivity contribution in [3.8, 4) is 0 Å². The van der Waals surface area contributed by atoms with Gasteiger partial charge in [-0.05, 0) is 41.0 Å². The lowest BCUT2D eigenvalue weighted by atomic mass is 9.74. The maximum Gasteiger partial charge on any atom is 0.501 e. The number of hydrogen-bond acceptors (Lipinski definition) is 4. The number of benzene rings is 1. The van der Waals surface area contributed by atoms with E-state index < -0.39 is 55.8 Å². The number of alkyl halides is 5. The highest BCUT2D eigenvalue weighted by atomic mass is 32.2. The molecule has 0 saturated heterocycles. The molecule has 0 aliphatic heterocycles. The molecule has 4 nitrogen and oxygen atoms in total. The zero-order valence-corrected chi connectivity index (χ0v) is 15.8. The Labute approximate surface area is 158 Å². The predicted molar refractivity (Wildman–Crippen MR) is 90.3 cm³/mol. The third-order valence-electron chi connectivity index (χ3n) is 5.17. The molecule has 0 unspecified atom stereocenters. The number of sulfone groups is 1. The lowest BCUT2D eigenvalue weighted by Gasteiger charge is -2.33. The Kier molecular flexibility index (Phi) is 4.72. The molecule has 0 saturated carbocycles. The van der Waals surface area contributed by atoms with E-state index in [1.165, 1.54) is 6.08 Å². The van der Waals surface area contributed by atoms with E-state index in [0.717, 1.165) is 6.07 Å². The summed E-state index contributed by atoms with van der Waals surface area (Å²) < 4.78 is 91.1. The lowest BCUT2D eigenvalue weighted by Crippen LogP contribution is -2.27. The second-order valence-electron chi connectivity index (χ2n) is 8.10. The summed E-state index contributed by atoms with van der Waals surface area (Å²) in [4.78, 5) is -1.36. The van der Waals surface area contributed by atoms with Gasteiger partial charge in [-0.25, -0.2) is 17.2 Å². The van der Waals surface area contributed by atoms with Gasteiger partial charge in [0.15, 0.2) is 0 Å². The molecule has 10 heteroatoms. The van der Waals surface area contributed by atoms with E-state index in [1.54, 1.807) is 0 Å². The van der Waals surface area contributed by atoms with E-state index >= 15 is 0 Å². The third-order valence-corrected chi connectivity index (χ3v) is 6.71. The van der Waals surface area contributed by atoms with Crippen molar-refractivity contribution in [1.29, 1.82) is 0 Å². The van der Waals surface area contributed by atoms with Crippen LogP contribution in [0.2, 0.25) is 0 Å². The number of fused-ring (bicyclic) bond motifs is 1. The molecule has 2 atom stereocenters. The summed E-state index contributed by atoms with van der Waals surface area (Å²) in [5.41, 5.74) is -6.78. The molecule has 0 fully saturated rings. The first-order valence-electron chi connectivity index (χ1n) is 8.49. The highest BCUT2D eigenvalue weighted by molar-refractivity contribution is 7.92. The molecule has 0 bridgehead atoms. The molecule has 156 valence electrons. The van der Waals surface area contributed by atoms with E-state index in [-0.39, 0.29) is 11.1 Å². The first-order valence-corrected chi connectivity index (χ1v) is 9.97. The van der Waals surface area contributed by atoms with Gasteiger partial charge in [0.2, 0.25) is 0 Å². The summed E-state index contributed by atoms with van der Waals surface area (Å²) in [6.45, 7) is 3.69. The zero-order valence-electron chi connectivity index (χ0n) is 15.0. The minimum absolute atomic E-state index is 0.124. The molecule has 0 aromatic heterocycles. The molecule has 1 aromatic rings. The van der Waals surface area contributed by atoms with Crippen LogP contribution in [-0.4, -0.2) is 36.2 Å². The summed E-state index contributed by atoms with van der Waals surface area (Å²) in [6, 6.07) is 1.65. The van der Waals surface area contributed by atoms with Crippen molar-refractivity contribution in [2.24, 2.45) is 5.41 Å². The van der Waals surface area contributed by atoms with E-state index in [1.807, 2.05) is 13.8 Å². The standard InChI is InChI=1S/C18H19F5O4S/c1-16(2)6-9(5-10(24)7-16)11-3-4-13(28(26,27)18(21,22)23)14-12(11)8-17(19,20)15(14)25/h3-5,10,15,24-25H,6-8H2,1-2H3/t10-,15-/m0/s1. The van der Waals surface area contributed by atoms with Crippen molar-refractivity contribution < 1.29 is 40.6 Å². The van der Waals surface area contributed by atoms with E-state index in [0.29, 0.717) is 24.5 Å². The Morgan fingerprint density at radius 3 is 2.25 bits per heavy atom. The van der Waals surface area contributed by atoms with E-state index in [2.05, 4.69) is 0 Å². The number of hydrogen-bond donors (Lipinski definition) is 2. The quantitative estimate of drug-likeness (QED) is 0.706. The fraction of sp³-hybridized carbons (Fsp3) is 0.556. The number of rotatable bonds is 2. The first-order chi connectivity index (χ1) is 12.6. The Morgan fingerprint density at radius 2 is 1.71 bits per heavy atom. The SMILES string of the molecule is CC1(C)CC(c2ccc(S(=O)(=O)C(F)(F)F)c3c2CC(F)(F)[C@H]3O)=C[C@H](O)C1. The van der Waals surface area contributed by atoms with Crippen molar-refractivity contribution in [2.45, 2.75) is 61.6 Å². The molecule has 3 rings (SSSR count). The summed E-state index contributed by atoms with van der Waals surface area (Å²) in [6.07, 6.45) is -2.44. The molecule has 28 heavy (non-hydrogen) atoms. The fourth-order valence-electron chi connectivity index (χ4n) is 4.03. The molecule has 0 spiro atoms. The molecular formula is C18H19F5O4S. The molecule has 2 aliphatic carbocycles. The maximum atomic E-state index is 14.2. The van der Waals surface area contributed by atoms with Crippen LogP contribution in [0.15, 0.2) is 23.1 Å². The van der Waals surface area contributed by atoms with Gasteiger partial charge in [-0.2, -0.15) is 13.2 Å².